The van der Waals surface area contributed by atoms with Gasteiger partial charge in [0.15, 0.2) is 0 Å². The van der Waals surface area contributed by atoms with Crippen LogP contribution in [0.25, 0.3) is 0 Å². The van der Waals surface area contributed by atoms with Crippen molar-refractivity contribution in [1.29, 1.82) is 0 Å². The van der Waals surface area contributed by atoms with Gasteiger partial charge in [0.05, 0.1) is 12.5 Å². The lowest BCUT2D eigenvalue weighted by Gasteiger charge is -2.26. The van der Waals surface area contributed by atoms with Crippen LogP contribution in [-0.4, -0.2) is 69.1 Å². The number of hydrogen-bond donors (Lipinski definition) is 7. The van der Waals surface area contributed by atoms with E-state index in [2.05, 4.69) is 16.0 Å². The topological polar surface area (TPSA) is 208 Å². The van der Waals surface area contributed by atoms with Crippen LogP contribution in [0.15, 0.2) is 24.3 Å². The van der Waals surface area contributed by atoms with Gasteiger partial charge in [-0.1, -0.05) is 39.8 Å². The summed E-state index contributed by atoms with van der Waals surface area (Å²) in [6.07, 6.45) is -0.475. The van der Waals surface area contributed by atoms with Crippen LogP contribution in [0.2, 0.25) is 0 Å². The number of aromatic hydroxyl groups is 1. The summed E-state index contributed by atoms with van der Waals surface area (Å²) in [7, 11) is 0. The predicted octanol–water partition coefficient (Wildman–Crippen LogP) is -0.0222. The number of phenolic OH excluding ortho intramolecular Hbond substituents is 1. The van der Waals surface area contributed by atoms with Gasteiger partial charge >= 0.3 is 11.9 Å². The minimum absolute atomic E-state index is 0.00643. The summed E-state index contributed by atoms with van der Waals surface area (Å²) in [6, 6.07) is 1.03. The molecule has 3 amide bonds. The van der Waals surface area contributed by atoms with Crippen molar-refractivity contribution in [2.45, 2.75) is 71.1 Å². The zero-order valence-electron chi connectivity index (χ0n) is 20.9. The monoisotopic (exact) mass is 508 g/mol. The molecule has 12 nitrogen and oxygen atoms in total. The number of benzene rings is 1. The van der Waals surface area contributed by atoms with Crippen molar-refractivity contribution < 1.29 is 39.3 Å². The first-order chi connectivity index (χ1) is 16.7. The second-order valence-electron chi connectivity index (χ2n) is 9.40. The Labute approximate surface area is 209 Å². The fraction of sp³-hybridized carbons (Fsp3) is 0.542. The summed E-state index contributed by atoms with van der Waals surface area (Å²) in [4.78, 5) is 61.0. The molecule has 0 bridgehead atoms. The summed E-state index contributed by atoms with van der Waals surface area (Å²) >= 11 is 0. The average molecular weight is 509 g/mol. The Morgan fingerprint density at radius 3 is 1.83 bits per heavy atom. The van der Waals surface area contributed by atoms with Crippen LogP contribution >= 0.6 is 0 Å². The Morgan fingerprint density at radius 1 is 0.833 bits per heavy atom. The molecule has 0 radical (unpaired) electrons. The van der Waals surface area contributed by atoms with Crippen molar-refractivity contribution in [3.63, 3.8) is 0 Å². The zero-order chi connectivity index (χ0) is 27.6. The molecule has 0 saturated carbocycles. The lowest BCUT2D eigenvalue weighted by atomic mass is 9.99. The molecular formula is C24H36N4O8. The number of carboxylic acids is 2. The second-order valence-corrected chi connectivity index (χ2v) is 9.40. The van der Waals surface area contributed by atoms with Gasteiger partial charge in [0.2, 0.25) is 17.7 Å². The molecule has 0 aliphatic carbocycles. The van der Waals surface area contributed by atoms with E-state index in [1.807, 2.05) is 13.8 Å². The highest BCUT2D eigenvalue weighted by atomic mass is 16.4. The standard InChI is InChI=1S/C24H36N4O8/c1-12(2)9-17(26-21(32)16(25)11-19(30)31)22(33)27-18(10-14-5-7-15(29)8-6-14)23(34)28-20(13(3)4)24(35)36/h5-8,12-13,16-18,20,29H,9-11,25H2,1-4H3,(H,26,32)(H,27,33)(H,28,34)(H,30,31)(H,35,36). The van der Waals surface area contributed by atoms with Gasteiger partial charge < -0.3 is 37.0 Å². The molecule has 4 atom stereocenters. The molecule has 1 rings (SSSR count). The third kappa shape index (κ3) is 10.3. The third-order valence-corrected chi connectivity index (χ3v) is 5.31. The summed E-state index contributed by atoms with van der Waals surface area (Å²) in [5, 5.41) is 35.3. The van der Waals surface area contributed by atoms with Crippen molar-refractivity contribution in [2.75, 3.05) is 0 Å². The molecule has 0 aliphatic rings. The van der Waals surface area contributed by atoms with Crippen LogP contribution in [0.5, 0.6) is 5.75 Å². The Kier molecular flexibility index (Phi) is 11.8. The van der Waals surface area contributed by atoms with E-state index in [0.717, 1.165) is 0 Å². The largest absolute Gasteiger partial charge is 0.508 e. The predicted molar refractivity (Wildman–Crippen MR) is 130 cm³/mol. The van der Waals surface area contributed by atoms with Gasteiger partial charge in [0.25, 0.3) is 0 Å². The van der Waals surface area contributed by atoms with Crippen molar-refractivity contribution in [1.82, 2.24) is 16.0 Å². The molecule has 12 heteroatoms. The van der Waals surface area contributed by atoms with E-state index in [1.54, 1.807) is 26.0 Å². The van der Waals surface area contributed by atoms with Crippen LogP contribution in [0.3, 0.4) is 0 Å². The van der Waals surface area contributed by atoms with Crippen LogP contribution in [0.1, 0.15) is 46.1 Å². The molecule has 0 aliphatic heterocycles. The molecule has 1 aromatic carbocycles. The quantitative estimate of drug-likeness (QED) is 0.180. The van der Waals surface area contributed by atoms with Crippen LogP contribution in [0.4, 0.5) is 0 Å². The van der Waals surface area contributed by atoms with Gasteiger partial charge in [-0.05, 0) is 36.0 Å². The first-order valence-corrected chi connectivity index (χ1v) is 11.6. The van der Waals surface area contributed by atoms with E-state index in [-0.39, 0.29) is 24.5 Å². The van der Waals surface area contributed by atoms with Crippen LogP contribution < -0.4 is 21.7 Å². The number of amides is 3. The number of rotatable bonds is 14. The fourth-order valence-electron chi connectivity index (χ4n) is 3.38. The molecule has 0 heterocycles. The lowest BCUT2D eigenvalue weighted by molar-refractivity contribution is -0.143. The zero-order valence-corrected chi connectivity index (χ0v) is 20.9. The second kappa shape index (κ2) is 14.0. The van der Waals surface area contributed by atoms with Crippen molar-refractivity contribution in [3.8, 4) is 5.75 Å². The van der Waals surface area contributed by atoms with E-state index in [0.29, 0.717) is 5.56 Å². The maximum absolute atomic E-state index is 13.2. The van der Waals surface area contributed by atoms with Crippen molar-refractivity contribution in [2.24, 2.45) is 17.6 Å². The summed E-state index contributed by atoms with van der Waals surface area (Å²) in [6.45, 7) is 6.87. The van der Waals surface area contributed by atoms with E-state index >= 15 is 0 Å². The number of phenols is 1. The molecule has 0 aromatic heterocycles. The van der Waals surface area contributed by atoms with E-state index < -0.39 is 66.2 Å². The minimum Gasteiger partial charge on any atom is -0.508 e. The summed E-state index contributed by atoms with van der Waals surface area (Å²) < 4.78 is 0. The normalized spacial score (nSPS) is 14.4. The Morgan fingerprint density at radius 2 is 1.36 bits per heavy atom. The number of nitrogens with one attached hydrogen (secondary N) is 3. The first kappa shape index (κ1) is 30.4. The van der Waals surface area contributed by atoms with Gasteiger partial charge in [0, 0.05) is 6.42 Å². The third-order valence-electron chi connectivity index (χ3n) is 5.31. The van der Waals surface area contributed by atoms with Gasteiger partial charge in [0.1, 0.15) is 23.9 Å². The molecule has 200 valence electrons. The molecule has 36 heavy (non-hydrogen) atoms. The smallest absolute Gasteiger partial charge is 0.326 e. The molecule has 0 fully saturated rings. The van der Waals surface area contributed by atoms with Gasteiger partial charge in [-0.15, -0.1) is 0 Å². The Hall–Kier alpha value is -3.67. The van der Waals surface area contributed by atoms with Crippen molar-refractivity contribution in [3.05, 3.63) is 29.8 Å². The SMILES string of the molecule is CC(C)CC(NC(=O)C(N)CC(=O)O)C(=O)NC(Cc1ccc(O)cc1)C(=O)NC(C(=O)O)C(C)C. The minimum atomic E-state index is -1.37. The number of nitrogens with two attached hydrogens (primary N) is 1. The van der Waals surface area contributed by atoms with E-state index in [4.69, 9.17) is 10.8 Å². The molecule has 0 spiro atoms. The maximum Gasteiger partial charge on any atom is 0.326 e. The number of carbonyl (C=O) groups excluding carboxylic acids is 3. The highest BCUT2D eigenvalue weighted by Gasteiger charge is 2.32. The summed E-state index contributed by atoms with van der Waals surface area (Å²) in [5.74, 6) is -5.27. The van der Waals surface area contributed by atoms with E-state index in [9.17, 15) is 34.2 Å². The highest BCUT2D eigenvalue weighted by molar-refractivity contribution is 5.94. The first-order valence-electron chi connectivity index (χ1n) is 11.6. The maximum atomic E-state index is 13.2. The molecular weight excluding hydrogens is 472 g/mol. The van der Waals surface area contributed by atoms with Gasteiger partial charge in [-0.2, -0.15) is 0 Å². The average Bonchev–Trinajstić information content (AvgIpc) is 2.76. The van der Waals surface area contributed by atoms with Gasteiger partial charge in [-0.25, -0.2) is 4.79 Å². The van der Waals surface area contributed by atoms with Crippen molar-refractivity contribution >= 4 is 29.7 Å². The van der Waals surface area contributed by atoms with E-state index in [1.165, 1.54) is 12.1 Å². The lowest BCUT2D eigenvalue weighted by Crippen LogP contribution is -2.58. The van der Waals surface area contributed by atoms with Crippen LogP contribution in [0, 0.1) is 11.8 Å². The number of aliphatic carboxylic acids is 2. The van der Waals surface area contributed by atoms with Gasteiger partial charge in [-0.3, -0.25) is 19.2 Å². The number of carboxylic acid groups (broad SMARTS) is 2. The molecule has 8 N–H and O–H groups in total. The fourth-order valence-corrected chi connectivity index (χ4v) is 3.38. The molecule has 0 saturated heterocycles. The molecule has 1 aromatic rings. The van der Waals surface area contributed by atoms with Crippen LogP contribution in [-0.2, 0) is 30.4 Å². The molecule has 4 unspecified atom stereocenters. The Balaban J connectivity index is 3.16. The highest BCUT2D eigenvalue weighted by Crippen LogP contribution is 2.13. The number of carbonyl (C=O) groups is 5. The Bertz CT molecular complexity index is 933. The summed E-state index contributed by atoms with van der Waals surface area (Å²) in [5.41, 5.74) is 6.19. The number of hydrogen-bond acceptors (Lipinski definition) is 7.